The Morgan fingerprint density at radius 3 is 2.42 bits per heavy atom. The van der Waals surface area contributed by atoms with Gasteiger partial charge in [0, 0.05) is 83.2 Å². The second-order valence-corrected chi connectivity index (χ2v) is 19.0. The molecule has 0 bridgehead atoms. The van der Waals surface area contributed by atoms with Crippen LogP contribution < -0.4 is 20.9 Å². The van der Waals surface area contributed by atoms with Crippen LogP contribution in [-0.2, 0) is 38.7 Å². The minimum absolute atomic E-state index is 0. The Labute approximate surface area is 390 Å². The summed E-state index contributed by atoms with van der Waals surface area (Å²) in [5.74, 6) is -1.94. The molecule has 0 radical (unpaired) electrons. The number of aryl methyl sites for hydroxylation is 1. The summed E-state index contributed by atoms with van der Waals surface area (Å²) in [7, 11) is 0. The van der Waals surface area contributed by atoms with Gasteiger partial charge < -0.3 is 29.9 Å². The monoisotopic (exact) mass is 914 g/mol. The van der Waals surface area contributed by atoms with E-state index in [0.29, 0.717) is 67.5 Å². The van der Waals surface area contributed by atoms with E-state index in [4.69, 9.17) is 0 Å². The predicted molar refractivity (Wildman–Crippen MR) is 250 cm³/mol. The Hall–Kier alpha value is -7.01. The molecule has 6 aliphatic heterocycles. The number of carbonyl (C=O) groups is 5. The molecule has 17 heteroatoms. The van der Waals surface area contributed by atoms with Crippen LogP contribution in [0, 0.1) is 17.0 Å². The SMILES string of the molecule is O=C1CC[C@H](Nc2ccc(C3CCN(CC(=O)N4CC5(C4)CN(c4ccc(-c6cc(F)c7c(c6)C(=O)N(C(C(=O)Nc6ccccn6)c6ncn8c6CCC8)C7)cc4)C5)CC3)c(F)c2)C(=O)N1.[HH].[HH].[HH]. The van der Waals surface area contributed by atoms with Crippen LogP contribution >= 0.6 is 0 Å². The Balaban J connectivity index is 0.00000220. The van der Waals surface area contributed by atoms with Gasteiger partial charge in [0.25, 0.3) is 11.8 Å². The summed E-state index contributed by atoms with van der Waals surface area (Å²) >= 11 is 0. The molecule has 2 atom stereocenters. The highest BCUT2D eigenvalue weighted by Crippen LogP contribution is 2.43. The Bertz CT molecular complexity index is 2810. The van der Waals surface area contributed by atoms with Crippen LogP contribution in [0.4, 0.5) is 26.0 Å². The maximum Gasteiger partial charge on any atom is 0.255 e. The molecular weight excluding hydrogens is 859 g/mol. The van der Waals surface area contributed by atoms with Gasteiger partial charge in [-0.3, -0.25) is 34.2 Å². The summed E-state index contributed by atoms with van der Waals surface area (Å²) < 4.78 is 33.2. The number of pyridine rings is 1. The van der Waals surface area contributed by atoms with Crippen LogP contribution in [-0.4, -0.2) is 111 Å². The van der Waals surface area contributed by atoms with Gasteiger partial charge in [-0.15, -0.1) is 0 Å². The number of nitrogens with one attached hydrogen (secondary N) is 3. The van der Waals surface area contributed by atoms with Crippen molar-refractivity contribution in [2.24, 2.45) is 5.41 Å². The highest BCUT2D eigenvalue weighted by atomic mass is 19.1. The molecule has 15 nitrogen and oxygen atoms in total. The lowest BCUT2D eigenvalue weighted by molar-refractivity contribution is -0.146. The lowest BCUT2D eigenvalue weighted by atomic mass is 9.72. The molecule has 2 aromatic heterocycles. The Morgan fingerprint density at radius 1 is 0.866 bits per heavy atom. The number of anilines is 3. The van der Waals surface area contributed by atoms with Crippen LogP contribution in [0.2, 0.25) is 0 Å². The number of rotatable bonds is 11. The number of piperidine rings is 2. The van der Waals surface area contributed by atoms with Crippen molar-refractivity contribution in [1.82, 2.24) is 34.6 Å². The molecule has 67 heavy (non-hydrogen) atoms. The molecule has 350 valence electrons. The molecule has 5 aromatic rings. The first-order valence-corrected chi connectivity index (χ1v) is 23.1. The molecule has 1 spiro atoms. The van der Waals surface area contributed by atoms with Crippen molar-refractivity contribution in [1.29, 1.82) is 0 Å². The second kappa shape index (κ2) is 17.0. The third-order valence-electron chi connectivity index (χ3n) is 14.5. The molecule has 6 aliphatic rings. The normalized spacial score (nSPS) is 20.5. The molecule has 11 rings (SSSR count). The van der Waals surface area contributed by atoms with E-state index in [1.54, 1.807) is 48.9 Å². The van der Waals surface area contributed by atoms with Gasteiger partial charge in [0.05, 0.1) is 25.1 Å². The predicted octanol–water partition coefficient (Wildman–Crippen LogP) is 5.99. The molecule has 8 heterocycles. The number of carbonyl (C=O) groups excluding carboxylic acids is 5. The first-order valence-electron chi connectivity index (χ1n) is 23.1. The van der Waals surface area contributed by atoms with Crippen LogP contribution in [0.15, 0.2) is 85.3 Å². The van der Waals surface area contributed by atoms with E-state index in [0.717, 1.165) is 62.3 Å². The fraction of sp³-hybridized carbons (Fsp3) is 0.380. The maximum absolute atomic E-state index is 16.0. The fourth-order valence-electron chi connectivity index (χ4n) is 11.0. The third-order valence-corrected chi connectivity index (χ3v) is 14.5. The van der Waals surface area contributed by atoms with Crippen LogP contribution in [0.1, 0.15) is 81.2 Å². The number of imidazole rings is 1. The fourth-order valence-corrected chi connectivity index (χ4v) is 11.0. The molecule has 5 amide bonds. The highest BCUT2D eigenvalue weighted by Gasteiger charge is 2.53. The summed E-state index contributed by atoms with van der Waals surface area (Å²) in [6, 6.07) is 19.5. The third kappa shape index (κ3) is 8.08. The second-order valence-electron chi connectivity index (χ2n) is 19.0. The lowest BCUT2D eigenvalue weighted by Crippen LogP contribution is -2.73. The van der Waals surface area contributed by atoms with E-state index >= 15 is 8.78 Å². The van der Waals surface area contributed by atoms with Gasteiger partial charge in [-0.25, -0.2) is 18.7 Å². The van der Waals surface area contributed by atoms with Crippen molar-refractivity contribution in [2.75, 3.05) is 61.3 Å². The van der Waals surface area contributed by atoms with E-state index in [9.17, 15) is 24.0 Å². The first-order chi connectivity index (χ1) is 32.5. The van der Waals surface area contributed by atoms with Gasteiger partial charge in [0.1, 0.15) is 23.5 Å². The van der Waals surface area contributed by atoms with Crippen molar-refractivity contribution >= 4 is 46.7 Å². The van der Waals surface area contributed by atoms with Gasteiger partial charge in [-0.1, -0.05) is 24.3 Å². The van der Waals surface area contributed by atoms with Crippen LogP contribution in [0.25, 0.3) is 11.1 Å². The summed E-state index contributed by atoms with van der Waals surface area (Å²) in [6.45, 7) is 5.50. The highest BCUT2D eigenvalue weighted by molar-refractivity contribution is 6.04. The summed E-state index contributed by atoms with van der Waals surface area (Å²) in [4.78, 5) is 81.7. The average molecular weight is 915 g/mol. The number of likely N-dealkylation sites (tertiary alicyclic amines) is 2. The summed E-state index contributed by atoms with van der Waals surface area (Å²) in [6.07, 6.45) is 7.00. The number of aromatic nitrogens is 3. The molecular formula is C50H56F2N10O5. The van der Waals surface area contributed by atoms with E-state index < -0.39 is 35.6 Å². The smallest absolute Gasteiger partial charge is 0.255 e. The quantitative estimate of drug-likeness (QED) is 0.134. The number of imide groups is 1. The molecule has 1 unspecified atom stereocenters. The van der Waals surface area contributed by atoms with E-state index in [-0.39, 0.29) is 57.3 Å². The lowest BCUT2D eigenvalue weighted by Gasteiger charge is -2.61. The molecule has 3 aromatic carbocycles. The van der Waals surface area contributed by atoms with Crippen molar-refractivity contribution < 1.29 is 37.0 Å². The largest absolute Gasteiger partial charge is 0.374 e. The minimum atomic E-state index is -1.08. The Kier molecular flexibility index (Phi) is 10.8. The number of amides is 5. The minimum Gasteiger partial charge on any atom is -0.374 e. The summed E-state index contributed by atoms with van der Waals surface area (Å²) in [5, 5.41) is 8.19. The zero-order valence-electron chi connectivity index (χ0n) is 36.8. The number of benzene rings is 3. The number of hydrogen-bond acceptors (Lipinski definition) is 10. The molecule has 4 saturated heterocycles. The van der Waals surface area contributed by atoms with Crippen LogP contribution in [0.3, 0.4) is 0 Å². The van der Waals surface area contributed by atoms with Gasteiger partial charge in [-0.05, 0) is 116 Å². The number of hydrogen-bond donors (Lipinski definition) is 3. The number of nitrogens with zero attached hydrogens (tertiary/aromatic N) is 7. The Morgan fingerprint density at radius 2 is 1.67 bits per heavy atom. The number of fused-ring (bicyclic) bond motifs is 2. The summed E-state index contributed by atoms with van der Waals surface area (Å²) in [5.41, 5.74) is 5.41. The van der Waals surface area contributed by atoms with Crippen molar-refractivity contribution in [3.8, 4) is 11.1 Å². The van der Waals surface area contributed by atoms with Gasteiger partial charge in [0.2, 0.25) is 17.7 Å². The topological polar surface area (TPSA) is 165 Å². The van der Waals surface area contributed by atoms with Crippen molar-refractivity contribution in [3.05, 3.63) is 125 Å². The van der Waals surface area contributed by atoms with Crippen molar-refractivity contribution in [2.45, 2.75) is 69.6 Å². The van der Waals surface area contributed by atoms with Crippen molar-refractivity contribution in [3.63, 3.8) is 0 Å². The van der Waals surface area contributed by atoms with Gasteiger partial charge in [0.15, 0.2) is 6.04 Å². The maximum atomic E-state index is 16.0. The van der Waals surface area contributed by atoms with E-state index in [1.165, 1.54) is 17.0 Å². The van der Waals surface area contributed by atoms with Gasteiger partial charge in [-0.2, -0.15) is 0 Å². The molecule has 0 aliphatic carbocycles. The van der Waals surface area contributed by atoms with Gasteiger partial charge >= 0.3 is 0 Å². The van der Waals surface area contributed by atoms with E-state index in [1.807, 2.05) is 33.7 Å². The zero-order valence-corrected chi connectivity index (χ0v) is 36.8. The number of halogens is 2. The zero-order chi connectivity index (χ0) is 46.0. The average Bonchev–Trinajstić information content (AvgIpc) is 4.01. The first kappa shape index (κ1) is 42.6. The molecule has 3 N–H and O–H groups in total. The molecule has 4 fully saturated rings. The van der Waals surface area contributed by atoms with E-state index in [2.05, 4.69) is 35.7 Å². The molecule has 0 saturated carbocycles. The van der Waals surface area contributed by atoms with Crippen LogP contribution in [0.5, 0.6) is 0 Å². The standard InChI is InChI=1S/C50H50F2N10O5.3H2/c51-38-21-32(20-36-37(38)23-62(49(36)67)46(45-41-4-3-17-59(41)29-54-45)48(66)56-42-5-1-2-16-53-42)30-6-9-34(10-7-30)60-25-50(26-60)27-61(28-50)44(64)24-58-18-14-31(15-19-58)35-11-8-33(22-39(35)52)55-40-12-13-43(63)57-47(40)65;;;/h1-2,5-11,16,20-22,29,31,40,46,55H,3-4,12-15,17-19,23-28H2,(H,53,56,66)(H,57,63,65);3*1H/t40-,46?;;;/m0.../s1.